The van der Waals surface area contributed by atoms with Crippen LogP contribution in [-0.2, 0) is 24.2 Å². The standard InChI is InChI=1S/C9H12N4O2/c10-9-12-6-1-2-11-4-5(6)7(13-9)3-8(14)15/h11H,1-4H2,(H,14,15)(H2,10,12,13). The summed E-state index contributed by atoms with van der Waals surface area (Å²) in [4.78, 5) is 18.7. The number of carboxylic acids is 1. The van der Waals surface area contributed by atoms with Crippen LogP contribution in [-0.4, -0.2) is 27.6 Å². The molecule has 6 nitrogen and oxygen atoms in total. The van der Waals surface area contributed by atoms with Crippen molar-refractivity contribution in [3.8, 4) is 0 Å². The Hall–Kier alpha value is -1.69. The van der Waals surface area contributed by atoms with Crippen molar-refractivity contribution in [1.82, 2.24) is 15.3 Å². The van der Waals surface area contributed by atoms with E-state index in [1.165, 1.54) is 0 Å². The molecule has 2 heterocycles. The van der Waals surface area contributed by atoms with Crippen LogP contribution in [0.15, 0.2) is 0 Å². The summed E-state index contributed by atoms with van der Waals surface area (Å²) < 4.78 is 0. The molecule has 6 heteroatoms. The number of hydrogen-bond donors (Lipinski definition) is 3. The summed E-state index contributed by atoms with van der Waals surface area (Å²) in [6, 6.07) is 0. The number of rotatable bonds is 2. The average Bonchev–Trinajstić information content (AvgIpc) is 2.16. The maximum atomic E-state index is 10.6. The van der Waals surface area contributed by atoms with Gasteiger partial charge in [0.15, 0.2) is 0 Å². The van der Waals surface area contributed by atoms with E-state index >= 15 is 0 Å². The third-order valence-electron chi connectivity index (χ3n) is 2.35. The number of aliphatic carboxylic acids is 1. The van der Waals surface area contributed by atoms with Gasteiger partial charge in [-0.25, -0.2) is 9.97 Å². The molecular formula is C9H12N4O2. The third kappa shape index (κ3) is 2.04. The minimum Gasteiger partial charge on any atom is -0.481 e. The molecule has 1 aliphatic heterocycles. The molecule has 15 heavy (non-hydrogen) atoms. The minimum absolute atomic E-state index is 0.100. The first-order valence-electron chi connectivity index (χ1n) is 4.73. The van der Waals surface area contributed by atoms with E-state index in [9.17, 15) is 4.79 Å². The molecule has 0 aliphatic carbocycles. The molecule has 1 aromatic heterocycles. The van der Waals surface area contributed by atoms with E-state index < -0.39 is 5.97 Å². The molecule has 0 radical (unpaired) electrons. The van der Waals surface area contributed by atoms with Crippen molar-refractivity contribution >= 4 is 11.9 Å². The number of nitrogens with two attached hydrogens (primary N) is 1. The fourth-order valence-electron chi connectivity index (χ4n) is 1.72. The summed E-state index contributed by atoms with van der Waals surface area (Å²) in [5.74, 6) is -0.743. The number of nitrogens with one attached hydrogen (secondary N) is 1. The highest BCUT2D eigenvalue weighted by molar-refractivity contribution is 5.70. The van der Waals surface area contributed by atoms with Gasteiger partial charge in [0.2, 0.25) is 5.95 Å². The molecule has 0 fully saturated rings. The zero-order valence-electron chi connectivity index (χ0n) is 8.16. The van der Waals surface area contributed by atoms with Gasteiger partial charge >= 0.3 is 5.97 Å². The highest BCUT2D eigenvalue weighted by Crippen LogP contribution is 2.16. The Bertz CT molecular complexity index is 405. The first kappa shape index (κ1) is 9.85. The van der Waals surface area contributed by atoms with Gasteiger partial charge in [-0.1, -0.05) is 0 Å². The first-order valence-corrected chi connectivity index (χ1v) is 4.73. The van der Waals surface area contributed by atoms with Gasteiger partial charge < -0.3 is 16.2 Å². The Morgan fingerprint density at radius 2 is 2.33 bits per heavy atom. The predicted molar refractivity (Wildman–Crippen MR) is 53.2 cm³/mol. The van der Waals surface area contributed by atoms with Crippen LogP contribution >= 0.6 is 0 Å². The summed E-state index contributed by atoms with van der Waals surface area (Å²) in [5, 5.41) is 11.9. The second kappa shape index (κ2) is 3.82. The Balaban J connectivity index is 2.43. The zero-order chi connectivity index (χ0) is 10.8. The number of carboxylic acid groups (broad SMARTS) is 1. The minimum atomic E-state index is -0.902. The van der Waals surface area contributed by atoms with Crippen molar-refractivity contribution in [3.63, 3.8) is 0 Å². The fourth-order valence-corrected chi connectivity index (χ4v) is 1.72. The van der Waals surface area contributed by atoms with E-state index in [1.807, 2.05) is 0 Å². The van der Waals surface area contributed by atoms with Gasteiger partial charge in [0.05, 0.1) is 17.8 Å². The number of anilines is 1. The summed E-state index contributed by atoms with van der Waals surface area (Å²) in [6.07, 6.45) is 0.672. The monoisotopic (exact) mass is 208 g/mol. The number of fused-ring (bicyclic) bond motifs is 1. The molecule has 0 amide bonds. The third-order valence-corrected chi connectivity index (χ3v) is 2.35. The fraction of sp³-hybridized carbons (Fsp3) is 0.444. The van der Waals surface area contributed by atoms with Gasteiger partial charge in [0.1, 0.15) is 0 Å². The molecular weight excluding hydrogens is 196 g/mol. The number of nitrogens with zero attached hydrogens (tertiary/aromatic N) is 2. The SMILES string of the molecule is Nc1nc2c(c(CC(=O)O)n1)CNCC2. The van der Waals surface area contributed by atoms with Crippen LogP contribution in [0.1, 0.15) is 17.0 Å². The summed E-state index contributed by atoms with van der Waals surface area (Å²) in [6.45, 7) is 1.47. The zero-order valence-corrected chi connectivity index (χ0v) is 8.16. The topological polar surface area (TPSA) is 101 Å². The van der Waals surface area contributed by atoms with Crippen LogP contribution in [0.2, 0.25) is 0 Å². The lowest BCUT2D eigenvalue weighted by molar-refractivity contribution is -0.136. The quantitative estimate of drug-likeness (QED) is 0.596. The van der Waals surface area contributed by atoms with E-state index in [1.54, 1.807) is 0 Å². The lowest BCUT2D eigenvalue weighted by Gasteiger charge is -2.18. The molecule has 1 aromatic rings. The molecule has 0 unspecified atom stereocenters. The maximum Gasteiger partial charge on any atom is 0.309 e. The highest BCUT2D eigenvalue weighted by Gasteiger charge is 2.18. The molecule has 1 aliphatic rings. The molecule has 0 spiro atoms. The number of aromatic nitrogens is 2. The Morgan fingerprint density at radius 1 is 1.53 bits per heavy atom. The molecule has 80 valence electrons. The lowest BCUT2D eigenvalue weighted by atomic mass is 10.0. The van der Waals surface area contributed by atoms with Crippen molar-refractivity contribution in [1.29, 1.82) is 0 Å². The maximum absolute atomic E-state index is 10.6. The predicted octanol–water partition coefficient (Wildman–Crippen LogP) is -0.668. The average molecular weight is 208 g/mol. The molecule has 0 bridgehead atoms. The van der Waals surface area contributed by atoms with E-state index in [0.29, 0.717) is 12.2 Å². The Kier molecular flexibility index (Phi) is 2.51. The van der Waals surface area contributed by atoms with Gasteiger partial charge in [0, 0.05) is 25.1 Å². The normalized spacial score (nSPS) is 14.7. The second-order valence-electron chi connectivity index (χ2n) is 3.45. The number of hydrogen-bond acceptors (Lipinski definition) is 5. The van der Waals surface area contributed by atoms with E-state index in [0.717, 1.165) is 24.2 Å². The Labute approximate surface area is 86.5 Å². The van der Waals surface area contributed by atoms with Crippen LogP contribution in [0.4, 0.5) is 5.95 Å². The van der Waals surface area contributed by atoms with E-state index in [2.05, 4.69) is 15.3 Å². The molecule has 2 rings (SSSR count). The molecule has 0 atom stereocenters. The van der Waals surface area contributed by atoms with Crippen LogP contribution in [0.3, 0.4) is 0 Å². The molecule has 4 N–H and O–H groups in total. The van der Waals surface area contributed by atoms with Gasteiger partial charge in [-0.3, -0.25) is 4.79 Å². The van der Waals surface area contributed by atoms with Crippen molar-refractivity contribution in [2.75, 3.05) is 12.3 Å². The highest BCUT2D eigenvalue weighted by atomic mass is 16.4. The van der Waals surface area contributed by atoms with Crippen molar-refractivity contribution in [2.45, 2.75) is 19.4 Å². The van der Waals surface area contributed by atoms with Crippen LogP contribution < -0.4 is 11.1 Å². The molecule has 0 saturated heterocycles. The van der Waals surface area contributed by atoms with Crippen molar-refractivity contribution in [3.05, 3.63) is 17.0 Å². The molecule has 0 aromatic carbocycles. The lowest BCUT2D eigenvalue weighted by Crippen LogP contribution is -2.27. The second-order valence-corrected chi connectivity index (χ2v) is 3.45. The summed E-state index contributed by atoms with van der Waals surface area (Å²) in [5.41, 5.74) is 7.81. The van der Waals surface area contributed by atoms with Crippen LogP contribution in [0, 0.1) is 0 Å². The molecule has 0 saturated carbocycles. The van der Waals surface area contributed by atoms with Gasteiger partial charge in [-0.15, -0.1) is 0 Å². The van der Waals surface area contributed by atoms with E-state index in [-0.39, 0.29) is 12.4 Å². The van der Waals surface area contributed by atoms with E-state index in [4.69, 9.17) is 10.8 Å². The smallest absolute Gasteiger partial charge is 0.309 e. The number of carbonyl (C=O) groups is 1. The summed E-state index contributed by atoms with van der Waals surface area (Å²) in [7, 11) is 0. The van der Waals surface area contributed by atoms with Crippen molar-refractivity contribution in [2.24, 2.45) is 0 Å². The van der Waals surface area contributed by atoms with Gasteiger partial charge in [0.25, 0.3) is 0 Å². The van der Waals surface area contributed by atoms with Crippen LogP contribution in [0.25, 0.3) is 0 Å². The van der Waals surface area contributed by atoms with Crippen molar-refractivity contribution < 1.29 is 9.90 Å². The first-order chi connectivity index (χ1) is 7.16. The van der Waals surface area contributed by atoms with Gasteiger partial charge in [-0.05, 0) is 0 Å². The largest absolute Gasteiger partial charge is 0.481 e. The van der Waals surface area contributed by atoms with Crippen LogP contribution in [0.5, 0.6) is 0 Å². The number of nitrogen functional groups attached to an aromatic ring is 1. The summed E-state index contributed by atoms with van der Waals surface area (Å²) >= 11 is 0. The Morgan fingerprint density at radius 3 is 3.07 bits per heavy atom. The van der Waals surface area contributed by atoms with Gasteiger partial charge in [-0.2, -0.15) is 0 Å².